The molecule has 20 heavy (non-hydrogen) atoms. The number of aryl methyl sites for hydroxylation is 3. The van der Waals surface area contributed by atoms with E-state index in [1.807, 2.05) is 20.2 Å². The van der Waals surface area contributed by atoms with Crippen molar-refractivity contribution >= 4 is 34.8 Å². The van der Waals surface area contributed by atoms with E-state index in [-0.39, 0.29) is 5.91 Å². The summed E-state index contributed by atoms with van der Waals surface area (Å²) in [6, 6.07) is 4.97. The Balaban J connectivity index is 1.96. The number of carbonyl (C=O) groups excluding carboxylic acids is 1. The third kappa shape index (κ3) is 3.74. The van der Waals surface area contributed by atoms with Gasteiger partial charge in [-0.2, -0.15) is 5.10 Å². The molecule has 0 saturated carbocycles. The number of benzene rings is 1. The number of aromatic nitrogens is 2. The Morgan fingerprint density at radius 3 is 2.80 bits per heavy atom. The van der Waals surface area contributed by atoms with Crippen molar-refractivity contribution in [3.05, 3.63) is 45.7 Å². The molecule has 106 valence electrons. The molecule has 0 aliphatic rings. The lowest BCUT2D eigenvalue weighted by atomic mass is 10.1. The second kappa shape index (κ2) is 6.29. The first-order valence-corrected chi connectivity index (χ1v) is 6.95. The predicted octanol–water partition coefficient (Wildman–Crippen LogP) is 3.61. The number of nitrogens with zero attached hydrogens (tertiary/aromatic N) is 2. The van der Waals surface area contributed by atoms with Crippen LogP contribution in [0.3, 0.4) is 0 Å². The van der Waals surface area contributed by atoms with Crippen LogP contribution in [0.2, 0.25) is 10.0 Å². The van der Waals surface area contributed by atoms with Crippen molar-refractivity contribution in [2.24, 2.45) is 7.05 Å². The molecule has 0 fully saturated rings. The van der Waals surface area contributed by atoms with E-state index < -0.39 is 0 Å². The number of halogens is 2. The first-order valence-electron chi connectivity index (χ1n) is 6.19. The minimum absolute atomic E-state index is 0.0996. The van der Waals surface area contributed by atoms with E-state index in [2.05, 4.69) is 10.4 Å². The van der Waals surface area contributed by atoms with Crippen molar-refractivity contribution in [1.82, 2.24) is 9.78 Å². The monoisotopic (exact) mass is 311 g/mol. The van der Waals surface area contributed by atoms with Crippen LogP contribution in [0, 0.1) is 6.92 Å². The van der Waals surface area contributed by atoms with Gasteiger partial charge in [0, 0.05) is 24.7 Å². The molecule has 0 aliphatic carbocycles. The van der Waals surface area contributed by atoms with Crippen LogP contribution < -0.4 is 5.32 Å². The lowest BCUT2D eigenvalue weighted by Gasteiger charge is -2.07. The second-order valence-corrected chi connectivity index (χ2v) is 5.43. The molecule has 1 aromatic heterocycles. The summed E-state index contributed by atoms with van der Waals surface area (Å²) in [5, 5.41) is 8.02. The van der Waals surface area contributed by atoms with Gasteiger partial charge in [-0.15, -0.1) is 0 Å². The summed E-state index contributed by atoms with van der Waals surface area (Å²) in [6.07, 6.45) is 2.94. The minimum atomic E-state index is -0.0996. The van der Waals surface area contributed by atoms with E-state index >= 15 is 0 Å². The zero-order chi connectivity index (χ0) is 14.7. The van der Waals surface area contributed by atoms with E-state index in [0.29, 0.717) is 28.6 Å². The zero-order valence-corrected chi connectivity index (χ0v) is 12.8. The SMILES string of the molecule is Cc1nn(C)cc1CCC(=O)Nc1cc(Cl)ccc1Cl. The van der Waals surface area contributed by atoms with Gasteiger partial charge in [-0.05, 0) is 37.1 Å². The fourth-order valence-corrected chi connectivity index (χ4v) is 2.29. The minimum Gasteiger partial charge on any atom is -0.325 e. The molecule has 0 unspecified atom stereocenters. The van der Waals surface area contributed by atoms with Crippen LogP contribution >= 0.6 is 23.2 Å². The summed E-state index contributed by atoms with van der Waals surface area (Å²) in [7, 11) is 1.86. The van der Waals surface area contributed by atoms with Crippen molar-refractivity contribution in [3.63, 3.8) is 0 Å². The first kappa shape index (κ1) is 14.9. The quantitative estimate of drug-likeness (QED) is 0.937. The van der Waals surface area contributed by atoms with Gasteiger partial charge < -0.3 is 5.32 Å². The van der Waals surface area contributed by atoms with Crippen molar-refractivity contribution in [2.75, 3.05) is 5.32 Å². The summed E-state index contributed by atoms with van der Waals surface area (Å²) in [5.74, 6) is -0.0996. The number of hydrogen-bond donors (Lipinski definition) is 1. The van der Waals surface area contributed by atoms with Gasteiger partial charge in [0.25, 0.3) is 0 Å². The topological polar surface area (TPSA) is 46.9 Å². The van der Waals surface area contributed by atoms with Gasteiger partial charge in [0.05, 0.1) is 16.4 Å². The molecule has 2 aromatic rings. The Bertz CT molecular complexity index is 637. The smallest absolute Gasteiger partial charge is 0.224 e. The van der Waals surface area contributed by atoms with Crippen LogP contribution in [0.1, 0.15) is 17.7 Å². The fraction of sp³-hybridized carbons (Fsp3) is 0.286. The number of hydrogen-bond acceptors (Lipinski definition) is 2. The molecule has 6 heteroatoms. The van der Waals surface area contributed by atoms with Crippen molar-refractivity contribution in [2.45, 2.75) is 19.8 Å². The summed E-state index contributed by atoms with van der Waals surface area (Å²) < 4.78 is 1.75. The molecule has 0 spiro atoms. The molecule has 0 atom stereocenters. The van der Waals surface area contributed by atoms with Crippen molar-refractivity contribution in [1.29, 1.82) is 0 Å². The number of nitrogens with one attached hydrogen (secondary N) is 1. The molecule has 0 saturated heterocycles. The molecular formula is C14H15Cl2N3O. The second-order valence-electron chi connectivity index (χ2n) is 4.59. The van der Waals surface area contributed by atoms with Gasteiger partial charge in [0.15, 0.2) is 0 Å². The highest BCUT2D eigenvalue weighted by molar-refractivity contribution is 6.35. The third-order valence-corrected chi connectivity index (χ3v) is 3.50. The third-order valence-electron chi connectivity index (χ3n) is 2.94. The summed E-state index contributed by atoms with van der Waals surface area (Å²) >= 11 is 11.9. The van der Waals surface area contributed by atoms with Gasteiger partial charge >= 0.3 is 0 Å². The molecule has 0 radical (unpaired) electrons. The molecule has 1 N–H and O–H groups in total. The van der Waals surface area contributed by atoms with E-state index in [9.17, 15) is 4.79 Å². The molecule has 1 amide bonds. The maximum absolute atomic E-state index is 11.9. The number of amides is 1. The fourth-order valence-electron chi connectivity index (χ4n) is 1.95. The lowest BCUT2D eigenvalue weighted by molar-refractivity contribution is -0.116. The standard InChI is InChI=1S/C14H15Cl2N3O/c1-9-10(8-19(2)18-9)3-6-14(20)17-13-7-11(15)4-5-12(13)16/h4-5,7-8H,3,6H2,1-2H3,(H,17,20). The van der Waals surface area contributed by atoms with Gasteiger partial charge in [-0.25, -0.2) is 0 Å². The van der Waals surface area contributed by atoms with Gasteiger partial charge in [0.1, 0.15) is 0 Å². The Morgan fingerprint density at radius 1 is 1.40 bits per heavy atom. The van der Waals surface area contributed by atoms with Gasteiger partial charge in [0.2, 0.25) is 5.91 Å². The average Bonchev–Trinajstić information content (AvgIpc) is 2.70. The van der Waals surface area contributed by atoms with Gasteiger partial charge in [-0.1, -0.05) is 23.2 Å². The number of carbonyl (C=O) groups is 1. The first-order chi connectivity index (χ1) is 9.45. The van der Waals surface area contributed by atoms with E-state index in [4.69, 9.17) is 23.2 Å². The zero-order valence-electron chi connectivity index (χ0n) is 11.3. The number of anilines is 1. The molecule has 0 bridgehead atoms. The van der Waals surface area contributed by atoms with Crippen LogP contribution in [0.5, 0.6) is 0 Å². The van der Waals surface area contributed by atoms with E-state index in [0.717, 1.165) is 11.3 Å². The Morgan fingerprint density at radius 2 is 2.15 bits per heavy atom. The maximum atomic E-state index is 11.9. The molecule has 1 aromatic carbocycles. The van der Waals surface area contributed by atoms with Crippen LogP contribution in [0.4, 0.5) is 5.69 Å². The van der Waals surface area contributed by atoms with Crippen LogP contribution in [0.25, 0.3) is 0 Å². The Labute approximate surface area is 127 Å². The van der Waals surface area contributed by atoms with Crippen LogP contribution in [0.15, 0.2) is 24.4 Å². The maximum Gasteiger partial charge on any atom is 0.224 e. The summed E-state index contributed by atoms with van der Waals surface area (Å²) in [6.45, 7) is 1.93. The van der Waals surface area contributed by atoms with Crippen LogP contribution in [-0.4, -0.2) is 15.7 Å². The average molecular weight is 312 g/mol. The van der Waals surface area contributed by atoms with E-state index in [1.165, 1.54) is 0 Å². The van der Waals surface area contributed by atoms with Crippen molar-refractivity contribution < 1.29 is 4.79 Å². The number of rotatable bonds is 4. The Kier molecular flexibility index (Phi) is 4.68. The predicted molar refractivity (Wildman–Crippen MR) is 81.4 cm³/mol. The molecule has 1 heterocycles. The highest BCUT2D eigenvalue weighted by atomic mass is 35.5. The molecular weight excluding hydrogens is 297 g/mol. The summed E-state index contributed by atoms with van der Waals surface area (Å²) in [5.41, 5.74) is 2.55. The van der Waals surface area contributed by atoms with Crippen LogP contribution in [-0.2, 0) is 18.3 Å². The molecule has 2 rings (SSSR count). The Hall–Kier alpha value is -1.52. The molecule has 4 nitrogen and oxygen atoms in total. The molecule has 0 aliphatic heterocycles. The lowest BCUT2D eigenvalue weighted by Crippen LogP contribution is -2.12. The van der Waals surface area contributed by atoms with Gasteiger partial charge in [-0.3, -0.25) is 9.48 Å². The van der Waals surface area contributed by atoms with E-state index in [1.54, 1.807) is 22.9 Å². The summed E-state index contributed by atoms with van der Waals surface area (Å²) in [4.78, 5) is 11.9. The highest BCUT2D eigenvalue weighted by Gasteiger charge is 2.09. The van der Waals surface area contributed by atoms with Crippen molar-refractivity contribution in [3.8, 4) is 0 Å². The normalized spacial score (nSPS) is 10.6. The highest BCUT2D eigenvalue weighted by Crippen LogP contribution is 2.25. The largest absolute Gasteiger partial charge is 0.325 e.